The molecule has 0 saturated carbocycles. The van der Waals surface area contributed by atoms with E-state index in [4.69, 9.17) is 0 Å². The Morgan fingerprint density at radius 3 is 2.50 bits per heavy atom. The second kappa shape index (κ2) is 3.08. The first-order chi connectivity index (χ1) is 5.42. The maximum atomic E-state index is 11.1. The van der Waals surface area contributed by atoms with Gasteiger partial charge < -0.3 is 5.32 Å². The van der Waals surface area contributed by atoms with Crippen LogP contribution >= 0.6 is 0 Å². The Labute approximate surface area is 74.7 Å². The summed E-state index contributed by atoms with van der Waals surface area (Å²) >= 11 is 0. The topological polar surface area (TPSA) is 29.1 Å². The summed E-state index contributed by atoms with van der Waals surface area (Å²) in [4.78, 5) is 11.1. The lowest BCUT2D eigenvalue weighted by atomic mass is 9.83. The van der Waals surface area contributed by atoms with Crippen LogP contribution in [0.4, 0.5) is 0 Å². The molecule has 1 rings (SSSR count). The number of hydrogen-bond donors (Lipinski definition) is 1. The van der Waals surface area contributed by atoms with Crippen LogP contribution in [0.3, 0.4) is 0 Å². The van der Waals surface area contributed by atoms with E-state index in [0.717, 1.165) is 6.42 Å². The zero-order chi connectivity index (χ0) is 9.35. The van der Waals surface area contributed by atoms with Gasteiger partial charge in [-0.3, -0.25) is 4.79 Å². The fourth-order valence-corrected chi connectivity index (χ4v) is 1.94. The van der Waals surface area contributed by atoms with E-state index in [1.54, 1.807) is 0 Å². The Kier molecular flexibility index (Phi) is 2.45. The average molecular weight is 169 g/mol. The van der Waals surface area contributed by atoms with Crippen molar-refractivity contribution in [2.75, 3.05) is 0 Å². The molecule has 2 heteroatoms. The van der Waals surface area contributed by atoms with E-state index < -0.39 is 0 Å². The molecular formula is C10H19NO. The minimum atomic E-state index is 0.0152. The Hall–Kier alpha value is -0.530. The van der Waals surface area contributed by atoms with Gasteiger partial charge >= 0.3 is 0 Å². The zero-order valence-electron chi connectivity index (χ0n) is 8.48. The third kappa shape index (κ3) is 1.99. The lowest BCUT2D eigenvalue weighted by Crippen LogP contribution is -2.39. The first-order valence-corrected chi connectivity index (χ1v) is 4.73. The van der Waals surface area contributed by atoms with Crippen LogP contribution < -0.4 is 5.32 Å². The number of nitrogens with one attached hydrogen (secondary N) is 1. The summed E-state index contributed by atoms with van der Waals surface area (Å²) in [6.45, 7) is 8.65. The zero-order valence-corrected chi connectivity index (χ0v) is 8.48. The highest BCUT2D eigenvalue weighted by Crippen LogP contribution is 2.31. The second-order valence-corrected chi connectivity index (χ2v) is 4.80. The summed E-state index contributed by atoms with van der Waals surface area (Å²) < 4.78 is 0. The summed E-state index contributed by atoms with van der Waals surface area (Å²) in [5.41, 5.74) is 0.0152. The number of carbonyl (C=O) groups excluding carboxylic acids is 1. The molecule has 1 atom stereocenters. The Bertz CT molecular complexity index is 184. The van der Waals surface area contributed by atoms with Crippen LogP contribution in [0, 0.1) is 11.8 Å². The maximum Gasteiger partial charge on any atom is 0.220 e. The van der Waals surface area contributed by atoms with Gasteiger partial charge in [-0.1, -0.05) is 13.8 Å². The third-order valence-corrected chi connectivity index (χ3v) is 2.67. The van der Waals surface area contributed by atoms with Crippen molar-refractivity contribution in [3.05, 3.63) is 0 Å². The summed E-state index contributed by atoms with van der Waals surface area (Å²) in [6.07, 6.45) is 1.86. The molecule has 1 fully saturated rings. The van der Waals surface area contributed by atoms with Gasteiger partial charge in [0.25, 0.3) is 0 Å². The van der Waals surface area contributed by atoms with Crippen molar-refractivity contribution in [3.63, 3.8) is 0 Å². The van der Waals surface area contributed by atoms with Gasteiger partial charge in [-0.15, -0.1) is 0 Å². The molecular weight excluding hydrogens is 150 g/mol. The smallest absolute Gasteiger partial charge is 0.220 e. The number of rotatable bonds is 2. The quantitative estimate of drug-likeness (QED) is 0.672. The van der Waals surface area contributed by atoms with E-state index in [-0.39, 0.29) is 11.4 Å². The maximum absolute atomic E-state index is 11.1. The standard InChI is InChI=1S/C10H19NO/c1-7(2)5-8-6-9(12)11-10(8,3)4/h7-8H,5-6H2,1-4H3,(H,11,12). The van der Waals surface area contributed by atoms with Crippen molar-refractivity contribution in [2.24, 2.45) is 11.8 Å². The molecule has 1 amide bonds. The fourth-order valence-electron chi connectivity index (χ4n) is 1.94. The van der Waals surface area contributed by atoms with Crippen LogP contribution in [0.15, 0.2) is 0 Å². The van der Waals surface area contributed by atoms with Crippen LogP contribution in [0.1, 0.15) is 40.5 Å². The van der Waals surface area contributed by atoms with Gasteiger partial charge in [-0.05, 0) is 32.1 Å². The lowest BCUT2D eigenvalue weighted by molar-refractivity contribution is -0.119. The monoisotopic (exact) mass is 169 g/mol. The van der Waals surface area contributed by atoms with Gasteiger partial charge in [-0.25, -0.2) is 0 Å². The third-order valence-electron chi connectivity index (χ3n) is 2.67. The van der Waals surface area contributed by atoms with Crippen molar-refractivity contribution < 1.29 is 4.79 Å². The molecule has 1 heterocycles. The van der Waals surface area contributed by atoms with Crippen molar-refractivity contribution >= 4 is 5.91 Å². The minimum absolute atomic E-state index is 0.0152. The van der Waals surface area contributed by atoms with Gasteiger partial charge in [0.1, 0.15) is 0 Å². The van der Waals surface area contributed by atoms with E-state index in [2.05, 4.69) is 33.0 Å². The van der Waals surface area contributed by atoms with E-state index in [9.17, 15) is 4.79 Å². The van der Waals surface area contributed by atoms with Gasteiger partial charge in [0.05, 0.1) is 0 Å². The van der Waals surface area contributed by atoms with E-state index in [0.29, 0.717) is 18.3 Å². The molecule has 1 aliphatic heterocycles. The molecule has 0 radical (unpaired) electrons. The van der Waals surface area contributed by atoms with E-state index in [1.165, 1.54) is 0 Å². The summed E-state index contributed by atoms with van der Waals surface area (Å²) in [6, 6.07) is 0. The second-order valence-electron chi connectivity index (χ2n) is 4.80. The van der Waals surface area contributed by atoms with Crippen molar-refractivity contribution in [3.8, 4) is 0 Å². The molecule has 2 nitrogen and oxygen atoms in total. The molecule has 1 saturated heterocycles. The minimum Gasteiger partial charge on any atom is -0.351 e. The van der Waals surface area contributed by atoms with Gasteiger partial charge in [0.2, 0.25) is 5.91 Å². The molecule has 0 aliphatic carbocycles. The Morgan fingerprint density at radius 2 is 2.17 bits per heavy atom. The van der Waals surface area contributed by atoms with Gasteiger partial charge in [0.15, 0.2) is 0 Å². The molecule has 0 bridgehead atoms. The number of carbonyl (C=O) groups is 1. The summed E-state index contributed by atoms with van der Waals surface area (Å²) in [5.74, 6) is 1.41. The molecule has 0 aromatic heterocycles. The van der Waals surface area contributed by atoms with Crippen molar-refractivity contribution in [1.29, 1.82) is 0 Å². The molecule has 70 valence electrons. The Balaban J connectivity index is 2.59. The molecule has 1 unspecified atom stereocenters. The van der Waals surface area contributed by atoms with Crippen LogP contribution in [-0.2, 0) is 4.79 Å². The predicted octanol–water partition coefficient (Wildman–Crippen LogP) is 1.95. The van der Waals surface area contributed by atoms with Crippen LogP contribution in [0.2, 0.25) is 0 Å². The van der Waals surface area contributed by atoms with E-state index >= 15 is 0 Å². The van der Waals surface area contributed by atoms with Gasteiger partial charge in [0, 0.05) is 12.0 Å². The van der Waals surface area contributed by atoms with Crippen molar-refractivity contribution in [1.82, 2.24) is 5.32 Å². The van der Waals surface area contributed by atoms with Crippen LogP contribution in [0.5, 0.6) is 0 Å². The predicted molar refractivity (Wildman–Crippen MR) is 49.8 cm³/mol. The highest BCUT2D eigenvalue weighted by Gasteiger charge is 2.38. The fraction of sp³-hybridized carbons (Fsp3) is 0.900. The summed E-state index contributed by atoms with van der Waals surface area (Å²) in [7, 11) is 0. The number of amides is 1. The SMILES string of the molecule is CC(C)CC1CC(=O)NC1(C)C. The summed E-state index contributed by atoms with van der Waals surface area (Å²) in [5, 5.41) is 3.01. The Morgan fingerprint density at radius 1 is 1.58 bits per heavy atom. The number of hydrogen-bond acceptors (Lipinski definition) is 1. The molecule has 0 aromatic carbocycles. The average Bonchev–Trinajstić information content (AvgIpc) is 2.04. The molecule has 0 spiro atoms. The van der Waals surface area contributed by atoms with Crippen LogP contribution in [-0.4, -0.2) is 11.4 Å². The largest absolute Gasteiger partial charge is 0.351 e. The highest BCUT2D eigenvalue weighted by atomic mass is 16.2. The van der Waals surface area contributed by atoms with Gasteiger partial charge in [-0.2, -0.15) is 0 Å². The van der Waals surface area contributed by atoms with E-state index in [1.807, 2.05) is 0 Å². The molecule has 1 N–H and O–H groups in total. The molecule has 1 aliphatic rings. The first-order valence-electron chi connectivity index (χ1n) is 4.73. The first kappa shape index (κ1) is 9.56. The molecule has 12 heavy (non-hydrogen) atoms. The normalized spacial score (nSPS) is 27.8. The van der Waals surface area contributed by atoms with Crippen molar-refractivity contribution in [2.45, 2.75) is 46.1 Å². The van der Waals surface area contributed by atoms with Crippen LogP contribution in [0.25, 0.3) is 0 Å². The molecule has 0 aromatic rings. The highest BCUT2D eigenvalue weighted by molar-refractivity contribution is 5.79. The lowest BCUT2D eigenvalue weighted by Gasteiger charge is -2.27.